The first-order chi connectivity index (χ1) is 9.81. The highest BCUT2D eigenvalue weighted by atomic mass is 79.9. The van der Waals surface area contributed by atoms with Gasteiger partial charge < -0.3 is 10.0 Å². The zero-order valence-corrected chi connectivity index (χ0v) is 14.2. The summed E-state index contributed by atoms with van der Waals surface area (Å²) in [7, 11) is 0. The normalized spacial score (nSPS) is 15.6. The second-order valence-corrected chi connectivity index (χ2v) is 6.72. The molecule has 2 rings (SSSR count). The number of halogens is 2. The molecule has 1 aliphatic rings. The van der Waals surface area contributed by atoms with Gasteiger partial charge in [-0.2, -0.15) is 0 Å². The highest BCUT2D eigenvalue weighted by molar-refractivity contribution is 9.10. The Morgan fingerprint density at radius 3 is 2.57 bits per heavy atom. The van der Waals surface area contributed by atoms with Crippen LogP contribution in [-0.2, 0) is 4.79 Å². The maximum Gasteiger partial charge on any atom is 0.308 e. The largest absolute Gasteiger partial charge is 0.481 e. The van der Waals surface area contributed by atoms with Gasteiger partial charge in [-0.05, 0) is 53.4 Å². The summed E-state index contributed by atoms with van der Waals surface area (Å²) in [6.07, 6.45) is 1.86. The number of hydrogen-bond donors (Lipinski definition) is 1. The minimum Gasteiger partial charge on any atom is -0.481 e. The van der Waals surface area contributed by atoms with Gasteiger partial charge in [0.15, 0.2) is 0 Å². The number of aliphatic carboxylic acids is 1. The van der Waals surface area contributed by atoms with Gasteiger partial charge in [0.25, 0.3) is 5.91 Å². The number of amides is 1. The SMILES string of the molecule is Cc1cc(C(=O)N(CC(C)C(=O)O)C2CC2)cc(Cl)c1Br. The summed E-state index contributed by atoms with van der Waals surface area (Å²) in [6.45, 7) is 3.71. The van der Waals surface area contributed by atoms with Crippen molar-refractivity contribution in [2.24, 2.45) is 5.92 Å². The van der Waals surface area contributed by atoms with Gasteiger partial charge in [0.2, 0.25) is 0 Å². The molecule has 1 aliphatic carbocycles. The molecule has 21 heavy (non-hydrogen) atoms. The second kappa shape index (κ2) is 6.36. The highest BCUT2D eigenvalue weighted by Crippen LogP contribution is 2.32. The summed E-state index contributed by atoms with van der Waals surface area (Å²) in [5, 5.41) is 9.53. The Hall–Kier alpha value is -1.07. The molecule has 1 unspecified atom stereocenters. The maximum absolute atomic E-state index is 12.7. The molecule has 0 radical (unpaired) electrons. The van der Waals surface area contributed by atoms with Crippen LogP contribution in [0.4, 0.5) is 0 Å². The van der Waals surface area contributed by atoms with Gasteiger partial charge in [0.1, 0.15) is 0 Å². The zero-order chi connectivity index (χ0) is 15.7. The molecule has 0 heterocycles. The number of carbonyl (C=O) groups is 2. The maximum atomic E-state index is 12.7. The number of aryl methyl sites for hydroxylation is 1. The number of carbonyl (C=O) groups excluding carboxylic acids is 1. The van der Waals surface area contributed by atoms with Crippen molar-refractivity contribution in [2.75, 3.05) is 6.54 Å². The molecule has 0 saturated heterocycles. The van der Waals surface area contributed by atoms with Crippen molar-refractivity contribution in [3.05, 3.63) is 32.8 Å². The summed E-state index contributed by atoms with van der Waals surface area (Å²) in [6, 6.07) is 3.56. The van der Waals surface area contributed by atoms with Crippen molar-refractivity contribution in [3.63, 3.8) is 0 Å². The molecule has 1 atom stereocenters. The molecule has 1 aromatic rings. The number of nitrogens with zero attached hydrogens (tertiary/aromatic N) is 1. The third-order valence-electron chi connectivity index (χ3n) is 3.60. The smallest absolute Gasteiger partial charge is 0.308 e. The van der Waals surface area contributed by atoms with E-state index in [-0.39, 0.29) is 18.5 Å². The fraction of sp³-hybridized carbons (Fsp3) is 0.467. The first kappa shape index (κ1) is 16.3. The lowest BCUT2D eigenvalue weighted by molar-refractivity contribution is -0.141. The van der Waals surface area contributed by atoms with E-state index in [9.17, 15) is 9.59 Å². The van der Waals surface area contributed by atoms with Gasteiger partial charge in [0, 0.05) is 22.6 Å². The quantitative estimate of drug-likeness (QED) is 0.854. The molecule has 0 aliphatic heterocycles. The highest BCUT2D eigenvalue weighted by Gasteiger charge is 2.35. The van der Waals surface area contributed by atoms with Crippen LogP contribution in [0.2, 0.25) is 5.02 Å². The molecule has 1 fully saturated rings. The van der Waals surface area contributed by atoms with Crippen LogP contribution in [0.5, 0.6) is 0 Å². The topological polar surface area (TPSA) is 57.6 Å². The fourth-order valence-electron chi connectivity index (χ4n) is 2.17. The van der Waals surface area contributed by atoms with E-state index >= 15 is 0 Å². The second-order valence-electron chi connectivity index (χ2n) is 5.52. The molecule has 114 valence electrons. The van der Waals surface area contributed by atoms with Crippen LogP contribution in [0.1, 0.15) is 35.7 Å². The number of carboxylic acids is 1. The first-order valence-corrected chi connectivity index (χ1v) is 7.97. The Morgan fingerprint density at radius 2 is 2.10 bits per heavy atom. The monoisotopic (exact) mass is 373 g/mol. The minimum atomic E-state index is -0.890. The third-order valence-corrected chi connectivity index (χ3v) is 5.18. The lowest BCUT2D eigenvalue weighted by Crippen LogP contribution is -2.38. The van der Waals surface area contributed by atoms with Crippen molar-refractivity contribution in [3.8, 4) is 0 Å². The van der Waals surface area contributed by atoms with Gasteiger partial charge in [0.05, 0.1) is 10.9 Å². The lowest BCUT2D eigenvalue weighted by atomic mass is 10.1. The summed E-state index contributed by atoms with van der Waals surface area (Å²) in [5.41, 5.74) is 1.39. The number of rotatable bonds is 5. The molecule has 4 nitrogen and oxygen atoms in total. The van der Waals surface area contributed by atoms with E-state index in [4.69, 9.17) is 16.7 Å². The molecule has 1 N–H and O–H groups in total. The Balaban J connectivity index is 2.24. The zero-order valence-electron chi connectivity index (χ0n) is 11.9. The Morgan fingerprint density at radius 1 is 1.48 bits per heavy atom. The van der Waals surface area contributed by atoms with Gasteiger partial charge in [-0.3, -0.25) is 9.59 Å². The predicted molar refractivity (Wildman–Crippen MR) is 84.7 cm³/mol. The molecule has 1 amide bonds. The molecule has 1 saturated carbocycles. The van der Waals surface area contributed by atoms with E-state index in [0.29, 0.717) is 10.6 Å². The van der Waals surface area contributed by atoms with Crippen molar-refractivity contribution in [1.82, 2.24) is 4.90 Å². The average Bonchev–Trinajstić information content (AvgIpc) is 3.24. The van der Waals surface area contributed by atoms with Gasteiger partial charge in [-0.25, -0.2) is 0 Å². The summed E-state index contributed by atoms with van der Waals surface area (Å²) in [5.74, 6) is -1.62. The molecule has 1 aromatic carbocycles. The molecule has 6 heteroatoms. The average molecular weight is 375 g/mol. The van der Waals surface area contributed by atoms with Crippen LogP contribution in [0.15, 0.2) is 16.6 Å². The van der Waals surface area contributed by atoms with Crippen LogP contribution >= 0.6 is 27.5 Å². The third kappa shape index (κ3) is 3.77. The van der Waals surface area contributed by atoms with Crippen LogP contribution < -0.4 is 0 Å². The van der Waals surface area contributed by atoms with Crippen LogP contribution in [0.3, 0.4) is 0 Å². The first-order valence-electron chi connectivity index (χ1n) is 6.80. The minimum absolute atomic E-state index is 0.150. The van der Waals surface area contributed by atoms with Crippen molar-refractivity contribution in [2.45, 2.75) is 32.7 Å². The van der Waals surface area contributed by atoms with E-state index in [1.165, 1.54) is 0 Å². The molecule has 0 bridgehead atoms. The lowest BCUT2D eigenvalue weighted by Gasteiger charge is -2.25. The van der Waals surface area contributed by atoms with Gasteiger partial charge in [-0.1, -0.05) is 18.5 Å². The summed E-state index contributed by atoms with van der Waals surface area (Å²) in [4.78, 5) is 25.3. The van der Waals surface area contributed by atoms with E-state index in [1.807, 2.05) is 6.92 Å². The molecular weight excluding hydrogens is 358 g/mol. The van der Waals surface area contributed by atoms with E-state index in [1.54, 1.807) is 24.0 Å². The van der Waals surface area contributed by atoms with Crippen molar-refractivity contribution < 1.29 is 14.7 Å². The van der Waals surface area contributed by atoms with E-state index in [2.05, 4.69) is 15.9 Å². The predicted octanol–water partition coefficient (Wildman–Crippen LogP) is 3.74. The Kier molecular flexibility index (Phi) is 4.94. The van der Waals surface area contributed by atoms with E-state index < -0.39 is 11.9 Å². The fourth-order valence-corrected chi connectivity index (χ4v) is 2.67. The van der Waals surface area contributed by atoms with Crippen molar-refractivity contribution in [1.29, 1.82) is 0 Å². The van der Waals surface area contributed by atoms with Crippen molar-refractivity contribution >= 4 is 39.4 Å². The molecular formula is C15H17BrClNO3. The van der Waals surface area contributed by atoms with Crippen LogP contribution in [0, 0.1) is 12.8 Å². The van der Waals surface area contributed by atoms with Crippen LogP contribution in [-0.4, -0.2) is 34.5 Å². The summed E-state index contributed by atoms with van der Waals surface area (Å²) >= 11 is 9.47. The van der Waals surface area contributed by atoms with Gasteiger partial charge in [-0.15, -0.1) is 0 Å². The van der Waals surface area contributed by atoms with Crippen LogP contribution in [0.25, 0.3) is 0 Å². The summed E-state index contributed by atoms with van der Waals surface area (Å²) < 4.78 is 0.776. The molecule has 0 aromatic heterocycles. The standard InChI is InChI=1S/C15H17BrClNO3/c1-8-5-10(6-12(17)13(8)16)14(19)18(11-3-4-11)7-9(2)15(20)21/h5-6,9,11H,3-4,7H2,1-2H3,(H,20,21). The van der Waals surface area contributed by atoms with E-state index in [0.717, 1.165) is 22.9 Å². The molecule has 0 spiro atoms. The Labute approximate surface area is 137 Å². The number of benzene rings is 1. The number of carboxylic acid groups (broad SMARTS) is 1. The van der Waals surface area contributed by atoms with Gasteiger partial charge >= 0.3 is 5.97 Å². The number of hydrogen-bond acceptors (Lipinski definition) is 2. The Bertz CT molecular complexity index is 563.